The minimum atomic E-state index is 0.435. The second-order valence-corrected chi connectivity index (χ2v) is 5.54. The highest BCUT2D eigenvalue weighted by Gasteiger charge is 2.28. The van der Waals surface area contributed by atoms with Crippen LogP contribution in [0.2, 0.25) is 0 Å². The lowest BCUT2D eigenvalue weighted by Crippen LogP contribution is -2.44. The van der Waals surface area contributed by atoms with Gasteiger partial charge >= 0.3 is 0 Å². The van der Waals surface area contributed by atoms with Crippen molar-refractivity contribution >= 4 is 5.95 Å². The third kappa shape index (κ3) is 3.39. The van der Waals surface area contributed by atoms with Gasteiger partial charge in [0.15, 0.2) is 0 Å². The van der Waals surface area contributed by atoms with Crippen molar-refractivity contribution in [1.29, 1.82) is 0 Å². The summed E-state index contributed by atoms with van der Waals surface area (Å²) in [5.74, 6) is 1.94. The maximum Gasteiger partial charge on any atom is 0.228 e. The predicted octanol–water partition coefficient (Wildman–Crippen LogP) is 2.14. The van der Waals surface area contributed by atoms with E-state index in [1.165, 1.54) is 25.7 Å². The molecular formula is C15H26N4O. The van der Waals surface area contributed by atoms with Crippen molar-refractivity contribution in [3.05, 3.63) is 11.8 Å². The van der Waals surface area contributed by atoms with Gasteiger partial charge in [-0.25, -0.2) is 4.98 Å². The second-order valence-electron chi connectivity index (χ2n) is 5.54. The van der Waals surface area contributed by atoms with Crippen LogP contribution in [-0.2, 0) is 0 Å². The van der Waals surface area contributed by atoms with Gasteiger partial charge in [-0.3, -0.25) is 0 Å². The van der Waals surface area contributed by atoms with E-state index in [9.17, 15) is 0 Å². The van der Waals surface area contributed by atoms with Gasteiger partial charge in [-0.15, -0.1) is 0 Å². The van der Waals surface area contributed by atoms with Crippen molar-refractivity contribution in [3.63, 3.8) is 0 Å². The zero-order valence-corrected chi connectivity index (χ0v) is 12.8. The number of nitrogens with zero attached hydrogens (tertiary/aromatic N) is 3. The smallest absolute Gasteiger partial charge is 0.228 e. The van der Waals surface area contributed by atoms with Crippen LogP contribution >= 0.6 is 0 Å². The highest BCUT2D eigenvalue weighted by atomic mass is 16.5. The largest absolute Gasteiger partial charge is 0.478 e. The van der Waals surface area contributed by atoms with Crippen molar-refractivity contribution in [2.75, 3.05) is 25.1 Å². The molecule has 5 nitrogen and oxygen atoms in total. The van der Waals surface area contributed by atoms with Gasteiger partial charge < -0.3 is 15.4 Å². The normalized spacial score (nSPS) is 22.6. The highest BCUT2D eigenvalue weighted by Crippen LogP contribution is 2.29. The fourth-order valence-corrected chi connectivity index (χ4v) is 3.03. The number of hydrogen-bond acceptors (Lipinski definition) is 5. The maximum atomic E-state index is 5.92. The fraction of sp³-hybridized carbons (Fsp3) is 0.733. The average Bonchev–Trinajstić information content (AvgIpc) is 2.46. The van der Waals surface area contributed by atoms with E-state index in [1.54, 1.807) is 0 Å². The summed E-state index contributed by atoms with van der Waals surface area (Å²) in [6.07, 6.45) is 4.91. The molecule has 1 heterocycles. The molecule has 1 fully saturated rings. The van der Waals surface area contributed by atoms with Crippen molar-refractivity contribution in [2.45, 2.75) is 45.6 Å². The lowest BCUT2D eigenvalue weighted by Gasteiger charge is -2.37. The van der Waals surface area contributed by atoms with Crippen molar-refractivity contribution < 1.29 is 4.74 Å². The summed E-state index contributed by atoms with van der Waals surface area (Å²) in [6.45, 7) is 5.29. The molecule has 2 unspecified atom stereocenters. The molecule has 2 rings (SSSR count). The summed E-state index contributed by atoms with van der Waals surface area (Å²) in [6, 6.07) is 2.31. The van der Waals surface area contributed by atoms with Gasteiger partial charge in [0, 0.05) is 24.8 Å². The molecule has 0 aliphatic heterocycles. The fourth-order valence-electron chi connectivity index (χ4n) is 3.03. The van der Waals surface area contributed by atoms with E-state index in [-0.39, 0.29) is 0 Å². The second kappa shape index (κ2) is 6.88. The lowest BCUT2D eigenvalue weighted by molar-refractivity contribution is 0.301. The van der Waals surface area contributed by atoms with Gasteiger partial charge in [0.25, 0.3) is 0 Å². The molecule has 0 saturated heterocycles. The van der Waals surface area contributed by atoms with Crippen molar-refractivity contribution in [2.24, 2.45) is 11.7 Å². The molecule has 1 saturated carbocycles. The molecule has 1 aromatic rings. The molecule has 0 amide bonds. The number of anilines is 1. The Kier molecular flexibility index (Phi) is 5.17. The van der Waals surface area contributed by atoms with E-state index in [2.05, 4.69) is 21.9 Å². The molecule has 1 aromatic heterocycles. The van der Waals surface area contributed by atoms with Crippen LogP contribution in [0.3, 0.4) is 0 Å². The lowest BCUT2D eigenvalue weighted by atomic mass is 9.84. The number of aryl methyl sites for hydroxylation is 1. The van der Waals surface area contributed by atoms with Crippen molar-refractivity contribution in [1.82, 2.24) is 9.97 Å². The maximum absolute atomic E-state index is 5.92. The van der Waals surface area contributed by atoms with Gasteiger partial charge in [-0.2, -0.15) is 4.98 Å². The summed E-state index contributed by atoms with van der Waals surface area (Å²) in [4.78, 5) is 11.3. The third-order valence-corrected chi connectivity index (χ3v) is 4.10. The number of hydrogen-bond donors (Lipinski definition) is 1. The molecule has 2 atom stereocenters. The molecule has 1 aliphatic carbocycles. The van der Waals surface area contributed by atoms with Crippen molar-refractivity contribution in [3.8, 4) is 5.88 Å². The van der Waals surface area contributed by atoms with Gasteiger partial charge in [0.2, 0.25) is 11.8 Å². The summed E-state index contributed by atoms with van der Waals surface area (Å²) in [5, 5.41) is 0. The summed E-state index contributed by atoms with van der Waals surface area (Å²) < 4.78 is 5.52. The molecule has 0 radical (unpaired) electrons. The van der Waals surface area contributed by atoms with Gasteiger partial charge in [0.1, 0.15) is 0 Å². The third-order valence-electron chi connectivity index (χ3n) is 4.10. The van der Waals surface area contributed by atoms with E-state index < -0.39 is 0 Å². The first-order valence-corrected chi connectivity index (χ1v) is 7.57. The summed E-state index contributed by atoms with van der Waals surface area (Å²) in [5.41, 5.74) is 6.86. The van der Waals surface area contributed by atoms with E-state index in [0.717, 1.165) is 18.2 Å². The average molecular weight is 278 g/mol. The van der Waals surface area contributed by atoms with E-state index in [4.69, 9.17) is 10.5 Å². The standard InChI is InChI=1S/C15H26N4O/c1-4-20-14-9-11(2)17-15(18-14)19(3)13-8-6-5-7-12(13)10-16/h9,12-13H,4-8,10,16H2,1-3H3. The van der Waals surface area contributed by atoms with Crippen LogP contribution in [-0.4, -0.2) is 36.2 Å². The Morgan fingerprint density at radius 1 is 1.35 bits per heavy atom. The SMILES string of the molecule is CCOc1cc(C)nc(N(C)C2CCCCC2CN)n1. The van der Waals surface area contributed by atoms with Crippen LogP contribution in [0.5, 0.6) is 5.88 Å². The molecule has 0 aromatic carbocycles. The minimum Gasteiger partial charge on any atom is -0.478 e. The summed E-state index contributed by atoms with van der Waals surface area (Å²) in [7, 11) is 2.07. The van der Waals surface area contributed by atoms with E-state index in [1.807, 2.05) is 19.9 Å². The van der Waals surface area contributed by atoms with Crippen LogP contribution < -0.4 is 15.4 Å². The zero-order valence-electron chi connectivity index (χ0n) is 12.8. The Labute approximate surface area is 121 Å². The number of aromatic nitrogens is 2. The molecule has 0 bridgehead atoms. The van der Waals surface area contributed by atoms with E-state index >= 15 is 0 Å². The topological polar surface area (TPSA) is 64.3 Å². The Bertz CT molecular complexity index is 438. The summed E-state index contributed by atoms with van der Waals surface area (Å²) >= 11 is 0. The van der Waals surface area contributed by atoms with Gasteiger partial charge in [-0.1, -0.05) is 12.8 Å². The Hall–Kier alpha value is -1.36. The molecule has 5 heteroatoms. The van der Waals surface area contributed by atoms with Crippen LogP contribution in [0.4, 0.5) is 5.95 Å². The highest BCUT2D eigenvalue weighted by molar-refractivity contribution is 5.35. The zero-order chi connectivity index (χ0) is 14.5. The molecular weight excluding hydrogens is 252 g/mol. The first kappa shape index (κ1) is 15.0. The van der Waals surface area contributed by atoms with Crippen LogP contribution in [0.1, 0.15) is 38.3 Å². The number of rotatable bonds is 5. The van der Waals surface area contributed by atoms with Gasteiger partial charge in [-0.05, 0) is 39.2 Å². The minimum absolute atomic E-state index is 0.435. The first-order valence-electron chi connectivity index (χ1n) is 7.57. The molecule has 0 spiro atoms. The first-order chi connectivity index (χ1) is 9.65. The van der Waals surface area contributed by atoms with Crippen LogP contribution in [0.15, 0.2) is 6.07 Å². The molecule has 1 aliphatic rings. The number of ether oxygens (including phenoxy) is 1. The van der Waals surface area contributed by atoms with Crippen LogP contribution in [0, 0.1) is 12.8 Å². The number of nitrogens with two attached hydrogens (primary N) is 1. The Morgan fingerprint density at radius 3 is 2.80 bits per heavy atom. The monoisotopic (exact) mass is 278 g/mol. The Balaban J connectivity index is 2.20. The molecule has 112 valence electrons. The predicted molar refractivity (Wildman–Crippen MR) is 81.1 cm³/mol. The van der Waals surface area contributed by atoms with E-state index in [0.29, 0.717) is 24.4 Å². The van der Waals surface area contributed by atoms with Gasteiger partial charge in [0.05, 0.1) is 6.61 Å². The quantitative estimate of drug-likeness (QED) is 0.894. The molecule has 2 N–H and O–H groups in total. The molecule has 20 heavy (non-hydrogen) atoms. The van der Waals surface area contributed by atoms with Crippen LogP contribution in [0.25, 0.3) is 0 Å². The Morgan fingerprint density at radius 2 is 2.10 bits per heavy atom.